The highest BCUT2D eigenvalue weighted by molar-refractivity contribution is 5.98. The summed E-state index contributed by atoms with van der Waals surface area (Å²) >= 11 is 0. The molecule has 1 saturated carbocycles. The molecular formula is C17H19N3O2. The fourth-order valence-corrected chi connectivity index (χ4v) is 2.50. The van der Waals surface area contributed by atoms with Gasteiger partial charge in [-0.1, -0.05) is 0 Å². The van der Waals surface area contributed by atoms with Crippen molar-refractivity contribution in [3.05, 3.63) is 53.1 Å². The zero-order valence-electron chi connectivity index (χ0n) is 13.0. The van der Waals surface area contributed by atoms with Gasteiger partial charge in [0.25, 0.3) is 5.91 Å². The van der Waals surface area contributed by atoms with Crippen molar-refractivity contribution in [3.63, 3.8) is 0 Å². The summed E-state index contributed by atoms with van der Waals surface area (Å²) in [5.41, 5.74) is 2.28. The molecule has 0 unspecified atom stereocenters. The predicted molar refractivity (Wildman–Crippen MR) is 82.9 cm³/mol. The molecule has 2 aromatic rings. The Hall–Kier alpha value is -2.43. The highest BCUT2D eigenvalue weighted by Crippen LogP contribution is 2.44. The zero-order valence-corrected chi connectivity index (χ0v) is 13.0. The summed E-state index contributed by atoms with van der Waals surface area (Å²) < 4.78 is 5.35. The van der Waals surface area contributed by atoms with Crippen LogP contribution in [-0.2, 0) is 5.54 Å². The van der Waals surface area contributed by atoms with Crippen molar-refractivity contribution in [2.75, 3.05) is 7.11 Å². The van der Waals surface area contributed by atoms with Gasteiger partial charge in [0, 0.05) is 12.4 Å². The monoisotopic (exact) mass is 297 g/mol. The number of methoxy groups -OCH3 is 1. The summed E-state index contributed by atoms with van der Waals surface area (Å²) in [6.07, 6.45) is 5.11. The number of hydrogen-bond acceptors (Lipinski definition) is 4. The maximum Gasteiger partial charge on any atom is 0.255 e. The van der Waals surface area contributed by atoms with Crippen LogP contribution in [0.5, 0.6) is 5.75 Å². The van der Waals surface area contributed by atoms with Gasteiger partial charge in [0.2, 0.25) is 0 Å². The van der Waals surface area contributed by atoms with Crippen LogP contribution in [0.15, 0.2) is 30.6 Å². The number of nitrogens with zero attached hydrogens (tertiary/aromatic N) is 2. The second kappa shape index (κ2) is 5.40. The van der Waals surface area contributed by atoms with Crippen molar-refractivity contribution >= 4 is 5.91 Å². The lowest BCUT2D eigenvalue weighted by Crippen LogP contribution is -2.36. The molecule has 1 aromatic carbocycles. The number of carbonyl (C=O) groups excluding carboxylic acids is 1. The average molecular weight is 297 g/mol. The van der Waals surface area contributed by atoms with Crippen LogP contribution >= 0.6 is 0 Å². The first-order valence-corrected chi connectivity index (χ1v) is 7.31. The Morgan fingerprint density at radius 1 is 1.18 bits per heavy atom. The molecule has 1 aromatic heterocycles. The Bertz CT molecular complexity index is 709. The molecule has 5 heteroatoms. The van der Waals surface area contributed by atoms with Gasteiger partial charge in [0.05, 0.1) is 12.7 Å². The fourth-order valence-electron chi connectivity index (χ4n) is 2.50. The number of carbonyl (C=O) groups is 1. The molecule has 0 bridgehead atoms. The fraction of sp³-hybridized carbons (Fsp3) is 0.353. The Balaban J connectivity index is 1.88. The molecule has 1 heterocycles. The van der Waals surface area contributed by atoms with E-state index >= 15 is 0 Å². The lowest BCUT2D eigenvalue weighted by atomic mass is 10.0. The summed E-state index contributed by atoms with van der Waals surface area (Å²) in [4.78, 5) is 21.2. The molecule has 1 amide bonds. The van der Waals surface area contributed by atoms with E-state index in [9.17, 15) is 4.79 Å². The van der Waals surface area contributed by atoms with E-state index in [-0.39, 0.29) is 5.91 Å². The van der Waals surface area contributed by atoms with Gasteiger partial charge >= 0.3 is 0 Å². The summed E-state index contributed by atoms with van der Waals surface area (Å²) in [7, 11) is 1.58. The maximum atomic E-state index is 12.7. The van der Waals surface area contributed by atoms with Crippen LogP contribution in [0.1, 0.15) is 40.2 Å². The molecule has 0 spiro atoms. The largest absolute Gasteiger partial charge is 0.496 e. The number of rotatable bonds is 4. The van der Waals surface area contributed by atoms with Gasteiger partial charge in [0.1, 0.15) is 11.3 Å². The van der Waals surface area contributed by atoms with Crippen LogP contribution in [0.4, 0.5) is 0 Å². The number of hydrogen-bond donors (Lipinski definition) is 1. The molecule has 5 nitrogen and oxygen atoms in total. The van der Waals surface area contributed by atoms with Gasteiger partial charge < -0.3 is 10.1 Å². The van der Waals surface area contributed by atoms with Crippen LogP contribution in [0.3, 0.4) is 0 Å². The van der Waals surface area contributed by atoms with Gasteiger partial charge in [-0.2, -0.15) is 0 Å². The summed E-state index contributed by atoms with van der Waals surface area (Å²) in [5, 5.41) is 3.08. The Morgan fingerprint density at radius 2 is 1.82 bits per heavy atom. The number of aromatic nitrogens is 2. The third kappa shape index (κ3) is 2.54. The number of amides is 1. The normalized spacial score (nSPS) is 15.2. The van der Waals surface area contributed by atoms with Crippen LogP contribution in [0, 0.1) is 13.8 Å². The standard InChI is InChI=1S/C17H19N3O2/c1-11-9-13(14(22-3)10-12(11)2)15(21)20-17(5-6-17)16-18-7-4-8-19-16/h4,7-10H,5-6H2,1-3H3,(H,20,21). The minimum absolute atomic E-state index is 0.148. The molecule has 1 aliphatic rings. The molecule has 0 aliphatic heterocycles. The molecule has 0 atom stereocenters. The minimum atomic E-state index is -0.428. The molecule has 1 aliphatic carbocycles. The lowest BCUT2D eigenvalue weighted by molar-refractivity contribution is 0.0925. The second-order valence-electron chi connectivity index (χ2n) is 5.75. The van der Waals surface area contributed by atoms with Gasteiger partial charge in [-0.05, 0) is 56.0 Å². The molecular weight excluding hydrogens is 278 g/mol. The SMILES string of the molecule is COc1cc(C)c(C)cc1C(=O)NC1(c2ncccn2)CC1. The summed E-state index contributed by atoms with van der Waals surface area (Å²) in [6.45, 7) is 3.98. The topological polar surface area (TPSA) is 64.1 Å². The number of nitrogens with one attached hydrogen (secondary N) is 1. The zero-order chi connectivity index (χ0) is 15.7. The van der Waals surface area contributed by atoms with Crippen molar-refractivity contribution < 1.29 is 9.53 Å². The minimum Gasteiger partial charge on any atom is -0.496 e. The summed E-state index contributed by atoms with van der Waals surface area (Å²) in [6, 6.07) is 5.53. The van der Waals surface area contributed by atoms with Gasteiger partial charge in [-0.25, -0.2) is 9.97 Å². The van der Waals surface area contributed by atoms with E-state index in [1.165, 1.54) is 0 Å². The maximum absolute atomic E-state index is 12.7. The molecule has 114 valence electrons. The van der Waals surface area contributed by atoms with E-state index in [1.807, 2.05) is 26.0 Å². The van der Waals surface area contributed by atoms with Crippen LogP contribution in [0.25, 0.3) is 0 Å². The van der Waals surface area contributed by atoms with E-state index < -0.39 is 5.54 Å². The Morgan fingerprint density at radius 3 is 2.41 bits per heavy atom. The Kier molecular flexibility index (Phi) is 3.56. The van der Waals surface area contributed by atoms with Gasteiger partial charge in [-0.3, -0.25) is 4.79 Å². The first kappa shape index (κ1) is 14.5. The number of ether oxygens (including phenoxy) is 1. The second-order valence-corrected chi connectivity index (χ2v) is 5.75. The molecule has 3 rings (SSSR count). The average Bonchev–Trinajstić information content (AvgIpc) is 3.31. The van der Waals surface area contributed by atoms with E-state index in [1.54, 1.807) is 25.6 Å². The summed E-state index contributed by atoms with van der Waals surface area (Å²) in [5.74, 6) is 1.11. The van der Waals surface area contributed by atoms with Gasteiger partial charge in [0.15, 0.2) is 5.82 Å². The van der Waals surface area contributed by atoms with E-state index in [2.05, 4.69) is 15.3 Å². The lowest BCUT2D eigenvalue weighted by Gasteiger charge is -2.18. The quantitative estimate of drug-likeness (QED) is 0.942. The highest BCUT2D eigenvalue weighted by atomic mass is 16.5. The van der Waals surface area contributed by atoms with E-state index in [4.69, 9.17) is 4.74 Å². The van der Waals surface area contributed by atoms with Crippen molar-refractivity contribution in [1.82, 2.24) is 15.3 Å². The van der Waals surface area contributed by atoms with Crippen molar-refractivity contribution in [1.29, 1.82) is 0 Å². The molecule has 22 heavy (non-hydrogen) atoms. The van der Waals surface area contributed by atoms with Crippen LogP contribution in [0.2, 0.25) is 0 Å². The van der Waals surface area contributed by atoms with Crippen LogP contribution in [-0.4, -0.2) is 23.0 Å². The molecule has 0 radical (unpaired) electrons. The first-order valence-electron chi connectivity index (χ1n) is 7.31. The molecule has 0 saturated heterocycles. The highest BCUT2D eigenvalue weighted by Gasteiger charge is 2.48. The molecule has 1 N–H and O–H groups in total. The third-order valence-electron chi connectivity index (χ3n) is 4.16. The number of benzene rings is 1. The number of aryl methyl sites for hydroxylation is 2. The van der Waals surface area contributed by atoms with E-state index in [0.29, 0.717) is 17.1 Å². The van der Waals surface area contributed by atoms with Crippen molar-refractivity contribution in [2.24, 2.45) is 0 Å². The third-order valence-corrected chi connectivity index (χ3v) is 4.16. The van der Waals surface area contributed by atoms with E-state index in [0.717, 1.165) is 24.0 Å². The Labute approximate surface area is 129 Å². The first-order chi connectivity index (χ1) is 10.6. The van der Waals surface area contributed by atoms with Crippen molar-refractivity contribution in [2.45, 2.75) is 32.2 Å². The molecule has 1 fully saturated rings. The smallest absolute Gasteiger partial charge is 0.255 e. The van der Waals surface area contributed by atoms with Crippen molar-refractivity contribution in [3.8, 4) is 5.75 Å². The van der Waals surface area contributed by atoms with Crippen LogP contribution < -0.4 is 10.1 Å². The predicted octanol–water partition coefficient (Wildman–Crippen LogP) is 2.52. The van der Waals surface area contributed by atoms with Gasteiger partial charge in [-0.15, -0.1) is 0 Å².